The molecule has 0 bridgehead atoms. The first-order chi connectivity index (χ1) is 12.9. The summed E-state index contributed by atoms with van der Waals surface area (Å²) in [6.45, 7) is 1.14. The number of aromatic nitrogens is 1. The van der Waals surface area contributed by atoms with E-state index in [1.165, 1.54) is 6.42 Å². The Bertz CT molecular complexity index is 737. The summed E-state index contributed by atoms with van der Waals surface area (Å²) in [7, 11) is 0. The molecule has 3 aliphatic rings. The number of aryl methyl sites for hydroxylation is 1. The summed E-state index contributed by atoms with van der Waals surface area (Å²) in [4.78, 5) is 29.7. The van der Waals surface area contributed by atoms with Gasteiger partial charge in [-0.2, -0.15) is 0 Å². The van der Waals surface area contributed by atoms with E-state index in [1.54, 1.807) is 6.92 Å². The third-order valence-corrected chi connectivity index (χ3v) is 7.09. The quantitative estimate of drug-likeness (QED) is 0.816. The molecule has 2 saturated carbocycles. The number of thiazole rings is 1. The summed E-state index contributed by atoms with van der Waals surface area (Å²) in [5.41, 5.74) is 0.545. The summed E-state index contributed by atoms with van der Waals surface area (Å²) in [5.74, 6) is -2.45. The molecule has 1 aromatic rings. The van der Waals surface area contributed by atoms with Crippen LogP contribution in [0.25, 0.3) is 0 Å². The van der Waals surface area contributed by atoms with Crippen LogP contribution < -0.4 is 10.6 Å². The van der Waals surface area contributed by atoms with E-state index in [1.807, 2.05) is 0 Å². The summed E-state index contributed by atoms with van der Waals surface area (Å²) < 4.78 is 32.5. The van der Waals surface area contributed by atoms with Crippen LogP contribution in [0.4, 0.5) is 13.9 Å². The number of carbonyl (C=O) groups excluding carboxylic acids is 2. The maximum Gasteiger partial charge on any atom is 0.271 e. The van der Waals surface area contributed by atoms with Crippen LogP contribution >= 0.6 is 11.3 Å². The molecule has 148 valence electrons. The fourth-order valence-electron chi connectivity index (χ4n) is 4.28. The fourth-order valence-corrected chi connectivity index (χ4v) is 5.10. The van der Waals surface area contributed by atoms with Crippen LogP contribution in [-0.4, -0.2) is 48.4 Å². The minimum Gasteiger partial charge on any atom is -0.375 e. The van der Waals surface area contributed by atoms with Gasteiger partial charge in [0.05, 0.1) is 13.2 Å². The molecule has 3 atom stereocenters. The first-order valence-electron chi connectivity index (χ1n) is 9.35. The lowest BCUT2D eigenvalue weighted by Crippen LogP contribution is -2.58. The van der Waals surface area contributed by atoms with Crippen molar-refractivity contribution in [3.8, 4) is 0 Å². The highest BCUT2D eigenvalue weighted by Crippen LogP contribution is 2.55. The molecule has 6 nitrogen and oxygen atoms in total. The van der Waals surface area contributed by atoms with Crippen molar-refractivity contribution in [3.05, 3.63) is 10.6 Å². The number of alkyl halides is 2. The Morgan fingerprint density at radius 2 is 1.93 bits per heavy atom. The number of hydrogen-bond donors (Lipinski definition) is 2. The van der Waals surface area contributed by atoms with E-state index in [2.05, 4.69) is 15.6 Å². The molecule has 0 radical (unpaired) electrons. The normalized spacial score (nSPS) is 31.7. The summed E-state index contributed by atoms with van der Waals surface area (Å²) in [6.07, 6.45) is 2.29. The minimum atomic E-state index is -1.70. The molecule has 1 spiro atoms. The zero-order valence-electron chi connectivity index (χ0n) is 15.1. The predicted octanol–water partition coefficient (Wildman–Crippen LogP) is 2.78. The smallest absolute Gasteiger partial charge is 0.271 e. The van der Waals surface area contributed by atoms with Crippen molar-refractivity contribution in [2.24, 2.45) is 11.3 Å². The molecular formula is C18H23F2N3O3S. The second kappa shape index (κ2) is 7.09. The molecule has 2 amide bonds. The lowest BCUT2D eigenvalue weighted by atomic mass is 9.53. The fraction of sp³-hybridized carbons (Fsp3) is 0.722. The largest absolute Gasteiger partial charge is 0.375 e. The number of anilines is 1. The number of ether oxygens (including phenoxy) is 1. The van der Waals surface area contributed by atoms with E-state index >= 15 is 0 Å². The number of amides is 2. The Kier molecular flexibility index (Phi) is 4.92. The summed E-state index contributed by atoms with van der Waals surface area (Å²) in [6, 6.07) is 0.194. The standard InChI is InChI=1S/C18H23F2N3O3S/c1-9-14(16(25)21-12-3-6-18(12)4-2-5-18)22-17(27-9)23-15(24)13-10(19)7-26-8-11(13)20/h10-13H,2-8H2,1H3,(H,21,25)(H,22,23,24)/t10?,11?,12-,13?/m0/s1. The average Bonchev–Trinajstić information content (AvgIpc) is 2.90. The van der Waals surface area contributed by atoms with Crippen molar-refractivity contribution in [2.45, 2.75) is 57.4 Å². The van der Waals surface area contributed by atoms with Gasteiger partial charge in [-0.1, -0.05) is 6.42 Å². The van der Waals surface area contributed by atoms with Gasteiger partial charge in [-0.05, 0) is 38.0 Å². The molecule has 2 N–H and O–H groups in total. The van der Waals surface area contributed by atoms with Crippen molar-refractivity contribution >= 4 is 28.3 Å². The van der Waals surface area contributed by atoms with Crippen LogP contribution in [0.15, 0.2) is 0 Å². The summed E-state index contributed by atoms with van der Waals surface area (Å²) >= 11 is 1.13. The first-order valence-corrected chi connectivity index (χ1v) is 10.2. The highest BCUT2D eigenvalue weighted by atomic mass is 32.1. The number of rotatable bonds is 4. The van der Waals surface area contributed by atoms with Gasteiger partial charge in [-0.3, -0.25) is 9.59 Å². The zero-order valence-corrected chi connectivity index (χ0v) is 15.9. The highest BCUT2D eigenvalue weighted by Gasteiger charge is 2.51. The maximum absolute atomic E-state index is 13.9. The molecule has 1 aromatic heterocycles. The van der Waals surface area contributed by atoms with Crippen molar-refractivity contribution in [1.82, 2.24) is 10.3 Å². The van der Waals surface area contributed by atoms with Gasteiger partial charge in [-0.15, -0.1) is 11.3 Å². The number of nitrogens with zero attached hydrogens (tertiary/aromatic N) is 1. The molecule has 2 heterocycles. The van der Waals surface area contributed by atoms with Gasteiger partial charge in [0.1, 0.15) is 24.0 Å². The van der Waals surface area contributed by atoms with Gasteiger partial charge >= 0.3 is 0 Å². The molecular weight excluding hydrogens is 376 g/mol. The molecule has 9 heteroatoms. The SMILES string of the molecule is Cc1sc(NC(=O)C2C(F)COCC2F)nc1C(=O)N[C@H]1CCC12CCC2. The molecule has 1 saturated heterocycles. The molecule has 4 rings (SSSR count). The van der Waals surface area contributed by atoms with Crippen molar-refractivity contribution in [1.29, 1.82) is 0 Å². The number of carbonyl (C=O) groups is 2. The number of halogens is 2. The molecule has 27 heavy (non-hydrogen) atoms. The van der Waals surface area contributed by atoms with E-state index in [4.69, 9.17) is 4.74 Å². The van der Waals surface area contributed by atoms with Gasteiger partial charge in [0.2, 0.25) is 5.91 Å². The highest BCUT2D eigenvalue weighted by molar-refractivity contribution is 7.16. The van der Waals surface area contributed by atoms with Crippen molar-refractivity contribution < 1.29 is 23.1 Å². The van der Waals surface area contributed by atoms with Crippen LogP contribution in [0.5, 0.6) is 0 Å². The Morgan fingerprint density at radius 3 is 2.48 bits per heavy atom. The van der Waals surface area contributed by atoms with E-state index < -0.39 is 24.2 Å². The topological polar surface area (TPSA) is 80.3 Å². The number of hydrogen-bond acceptors (Lipinski definition) is 5. The lowest BCUT2D eigenvalue weighted by Gasteiger charge is -2.56. The predicted molar refractivity (Wildman–Crippen MR) is 96.4 cm³/mol. The van der Waals surface area contributed by atoms with Crippen molar-refractivity contribution in [2.75, 3.05) is 18.5 Å². The maximum atomic E-state index is 13.9. The van der Waals surface area contributed by atoms with E-state index in [-0.39, 0.29) is 41.4 Å². The van der Waals surface area contributed by atoms with E-state index in [0.29, 0.717) is 4.88 Å². The van der Waals surface area contributed by atoms with Crippen LogP contribution in [0.2, 0.25) is 0 Å². The Labute approximate surface area is 160 Å². The van der Waals surface area contributed by atoms with Crippen molar-refractivity contribution in [3.63, 3.8) is 0 Å². The first kappa shape index (κ1) is 18.7. The third kappa shape index (κ3) is 3.35. The minimum absolute atomic E-state index is 0.181. The Morgan fingerprint density at radius 1 is 1.22 bits per heavy atom. The second-order valence-electron chi connectivity index (χ2n) is 7.79. The van der Waals surface area contributed by atoms with E-state index in [9.17, 15) is 18.4 Å². The second-order valence-corrected chi connectivity index (χ2v) is 8.99. The molecule has 2 unspecified atom stereocenters. The van der Waals surface area contributed by atoms with Crippen LogP contribution in [0.3, 0.4) is 0 Å². The number of nitrogens with one attached hydrogen (secondary N) is 2. The van der Waals surface area contributed by atoms with Crippen LogP contribution in [-0.2, 0) is 9.53 Å². The zero-order chi connectivity index (χ0) is 19.2. The van der Waals surface area contributed by atoms with Gasteiger partial charge in [0.25, 0.3) is 5.91 Å². The summed E-state index contributed by atoms with van der Waals surface area (Å²) in [5, 5.41) is 5.71. The Balaban J connectivity index is 1.40. The average molecular weight is 399 g/mol. The lowest BCUT2D eigenvalue weighted by molar-refractivity contribution is -0.132. The third-order valence-electron chi connectivity index (χ3n) is 6.20. The Hall–Kier alpha value is -1.61. The molecule has 0 aromatic carbocycles. The monoisotopic (exact) mass is 399 g/mol. The van der Waals surface area contributed by atoms with Crippen LogP contribution in [0, 0.1) is 18.3 Å². The van der Waals surface area contributed by atoms with Crippen LogP contribution in [0.1, 0.15) is 47.5 Å². The van der Waals surface area contributed by atoms with Gasteiger partial charge in [-0.25, -0.2) is 13.8 Å². The van der Waals surface area contributed by atoms with Gasteiger partial charge < -0.3 is 15.4 Å². The van der Waals surface area contributed by atoms with E-state index in [0.717, 1.165) is 37.0 Å². The van der Waals surface area contributed by atoms with Gasteiger partial charge in [0, 0.05) is 10.9 Å². The molecule has 3 fully saturated rings. The molecule has 1 aliphatic heterocycles. The van der Waals surface area contributed by atoms with Gasteiger partial charge in [0.15, 0.2) is 5.13 Å². The molecule has 2 aliphatic carbocycles.